The quantitative estimate of drug-likeness (QED) is 0.400. The molecule has 34 heavy (non-hydrogen) atoms. The molecule has 1 aliphatic heterocycles. The van der Waals surface area contributed by atoms with Gasteiger partial charge in [-0.05, 0) is 68.8 Å². The second kappa shape index (κ2) is 8.83. The predicted octanol–water partition coefficient (Wildman–Crippen LogP) is 3.78. The summed E-state index contributed by atoms with van der Waals surface area (Å²) in [6.07, 6.45) is 1.75. The topological polar surface area (TPSA) is 97.9 Å². The number of pyridine rings is 1. The molecule has 3 heterocycles. The normalized spacial score (nSPS) is 14.4. The zero-order chi connectivity index (χ0) is 23.8. The van der Waals surface area contributed by atoms with Gasteiger partial charge in [0.1, 0.15) is 17.3 Å². The van der Waals surface area contributed by atoms with E-state index >= 15 is 0 Å². The molecule has 174 valence electrons. The van der Waals surface area contributed by atoms with E-state index in [2.05, 4.69) is 15.6 Å². The average Bonchev–Trinajstić information content (AvgIpc) is 2.82. The van der Waals surface area contributed by atoms with Crippen LogP contribution in [0.25, 0.3) is 28.0 Å². The number of benzene rings is 2. The molecule has 5 rings (SSSR count). The summed E-state index contributed by atoms with van der Waals surface area (Å²) < 4.78 is 30.5. The Labute approximate surface area is 194 Å². The lowest BCUT2D eigenvalue weighted by molar-refractivity contribution is 0.477. The highest BCUT2D eigenvalue weighted by Gasteiger charge is 2.21. The number of nitrogens with zero attached hydrogens (tertiary/aromatic N) is 3. The van der Waals surface area contributed by atoms with Crippen LogP contribution in [0.5, 0.6) is 0 Å². The first-order chi connectivity index (χ1) is 16.4. The molecule has 0 amide bonds. The van der Waals surface area contributed by atoms with E-state index in [1.807, 2.05) is 13.0 Å². The lowest BCUT2D eigenvalue weighted by Crippen LogP contribution is -2.35. The van der Waals surface area contributed by atoms with Gasteiger partial charge in [0.15, 0.2) is 5.65 Å². The number of aromatic nitrogens is 3. The Morgan fingerprint density at radius 1 is 1.06 bits per heavy atom. The van der Waals surface area contributed by atoms with E-state index in [0.29, 0.717) is 16.8 Å². The van der Waals surface area contributed by atoms with Crippen molar-refractivity contribution in [1.29, 1.82) is 0 Å². The number of nitrogens with one attached hydrogen (secondary N) is 2. The highest BCUT2D eigenvalue weighted by molar-refractivity contribution is 5.93. The van der Waals surface area contributed by atoms with Crippen molar-refractivity contribution in [3.8, 4) is 16.9 Å². The van der Waals surface area contributed by atoms with E-state index in [4.69, 9.17) is 10.7 Å². The number of anilines is 2. The Balaban J connectivity index is 1.82. The molecule has 0 aliphatic carbocycles. The van der Waals surface area contributed by atoms with Crippen LogP contribution >= 0.6 is 0 Å². The van der Waals surface area contributed by atoms with Crippen LogP contribution in [-0.2, 0) is 0 Å². The third kappa shape index (κ3) is 3.99. The van der Waals surface area contributed by atoms with E-state index in [1.165, 1.54) is 12.1 Å². The van der Waals surface area contributed by atoms with Gasteiger partial charge in [-0.3, -0.25) is 9.36 Å². The molecule has 0 bridgehead atoms. The number of fused-ring (bicyclic) bond motifs is 1. The number of halogens is 2. The zero-order valence-corrected chi connectivity index (χ0v) is 18.6. The number of piperidine rings is 1. The van der Waals surface area contributed by atoms with Gasteiger partial charge in [-0.1, -0.05) is 12.1 Å². The minimum atomic E-state index is -0.859. The third-order valence-corrected chi connectivity index (χ3v) is 6.10. The molecule has 0 unspecified atom stereocenters. The fourth-order valence-electron chi connectivity index (χ4n) is 4.35. The number of hydrogen-bond donors (Lipinski definition) is 3. The SMILES string of the molecule is Cc1ccc(N)cc1-c1nc(NC2CCNCC2)nc2c1ccc(=O)n2-c1c(F)cccc1F. The molecule has 0 spiro atoms. The Hall–Kier alpha value is -3.85. The molecule has 9 heteroatoms. The summed E-state index contributed by atoms with van der Waals surface area (Å²) in [5.74, 6) is -1.43. The van der Waals surface area contributed by atoms with Gasteiger partial charge in [0, 0.05) is 28.7 Å². The summed E-state index contributed by atoms with van der Waals surface area (Å²) in [4.78, 5) is 22.3. The van der Waals surface area contributed by atoms with Crippen molar-refractivity contribution in [2.45, 2.75) is 25.8 Å². The number of hydrogen-bond acceptors (Lipinski definition) is 6. The van der Waals surface area contributed by atoms with Crippen molar-refractivity contribution in [3.63, 3.8) is 0 Å². The number of para-hydroxylation sites is 1. The maximum Gasteiger partial charge on any atom is 0.256 e. The minimum absolute atomic E-state index is 0.111. The van der Waals surface area contributed by atoms with Gasteiger partial charge >= 0.3 is 0 Å². The van der Waals surface area contributed by atoms with Crippen LogP contribution in [0.3, 0.4) is 0 Å². The molecule has 0 radical (unpaired) electrons. The smallest absolute Gasteiger partial charge is 0.256 e. The number of rotatable bonds is 4. The van der Waals surface area contributed by atoms with Gasteiger partial charge in [0.25, 0.3) is 5.56 Å². The molecule has 1 aliphatic rings. The van der Waals surface area contributed by atoms with Crippen LogP contribution in [0.15, 0.2) is 53.3 Å². The fraction of sp³-hybridized carbons (Fsp3) is 0.240. The first kappa shape index (κ1) is 22.0. The van der Waals surface area contributed by atoms with E-state index in [9.17, 15) is 13.6 Å². The van der Waals surface area contributed by atoms with E-state index in [0.717, 1.165) is 53.8 Å². The highest BCUT2D eigenvalue weighted by Crippen LogP contribution is 2.32. The second-order valence-electron chi connectivity index (χ2n) is 8.45. The number of nitrogen functional groups attached to an aromatic ring is 1. The van der Waals surface area contributed by atoms with Gasteiger partial charge in [0.05, 0.1) is 5.69 Å². The molecule has 7 nitrogen and oxygen atoms in total. The van der Waals surface area contributed by atoms with Crippen LogP contribution in [0.2, 0.25) is 0 Å². The Kier molecular flexibility index (Phi) is 5.70. The molecule has 4 aromatic rings. The third-order valence-electron chi connectivity index (χ3n) is 6.10. The molecule has 4 N–H and O–H groups in total. The standard InChI is InChI=1S/C25H24F2N6O/c1-14-5-6-15(28)13-18(14)22-17-7-8-21(34)33(23-19(26)3-2-4-20(23)27)24(17)32-25(31-22)30-16-9-11-29-12-10-16/h2-8,13,16,29H,9-12,28H2,1H3,(H,30,31,32). The van der Waals surface area contributed by atoms with Crippen molar-refractivity contribution in [1.82, 2.24) is 19.9 Å². The predicted molar refractivity (Wildman–Crippen MR) is 129 cm³/mol. The van der Waals surface area contributed by atoms with Crippen molar-refractivity contribution < 1.29 is 8.78 Å². The Morgan fingerprint density at radius 2 is 1.79 bits per heavy atom. The lowest BCUT2D eigenvalue weighted by Gasteiger charge is -2.24. The zero-order valence-electron chi connectivity index (χ0n) is 18.6. The van der Waals surface area contributed by atoms with Gasteiger partial charge in [-0.25, -0.2) is 13.8 Å². The van der Waals surface area contributed by atoms with E-state index in [1.54, 1.807) is 18.2 Å². The monoisotopic (exact) mass is 462 g/mol. The van der Waals surface area contributed by atoms with Crippen molar-refractivity contribution in [3.05, 3.63) is 76.1 Å². The summed E-state index contributed by atoms with van der Waals surface area (Å²) >= 11 is 0. The van der Waals surface area contributed by atoms with Crippen molar-refractivity contribution in [2.75, 3.05) is 24.1 Å². The number of nitrogens with two attached hydrogens (primary N) is 1. The van der Waals surface area contributed by atoms with Crippen LogP contribution in [-0.4, -0.2) is 33.7 Å². The van der Waals surface area contributed by atoms with E-state index < -0.39 is 22.9 Å². The molecule has 0 atom stereocenters. The van der Waals surface area contributed by atoms with Crippen LogP contribution in [0.4, 0.5) is 20.4 Å². The summed E-state index contributed by atoms with van der Waals surface area (Å²) in [6.45, 7) is 3.64. The average molecular weight is 463 g/mol. The molecule has 0 saturated carbocycles. The molecular weight excluding hydrogens is 438 g/mol. The summed E-state index contributed by atoms with van der Waals surface area (Å²) in [5, 5.41) is 7.13. The first-order valence-electron chi connectivity index (χ1n) is 11.1. The lowest BCUT2D eigenvalue weighted by atomic mass is 10.0. The Bertz CT molecular complexity index is 1430. The van der Waals surface area contributed by atoms with Crippen LogP contribution in [0, 0.1) is 18.6 Å². The molecule has 1 fully saturated rings. The van der Waals surface area contributed by atoms with Crippen LogP contribution in [0.1, 0.15) is 18.4 Å². The first-order valence-corrected chi connectivity index (χ1v) is 11.1. The summed E-state index contributed by atoms with van der Waals surface area (Å²) in [5.41, 5.74) is 7.84. The summed E-state index contributed by atoms with van der Waals surface area (Å²) in [6, 6.07) is 11.9. The van der Waals surface area contributed by atoms with Crippen LogP contribution < -0.4 is 21.9 Å². The maximum absolute atomic E-state index is 14.8. The second-order valence-corrected chi connectivity index (χ2v) is 8.45. The maximum atomic E-state index is 14.8. The molecule has 2 aromatic carbocycles. The molecule has 1 saturated heterocycles. The van der Waals surface area contributed by atoms with Crippen molar-refractivity contribution in [2.24, 2.45) is 0 Å². The minimum Gasteiger partial charge on any atom is -0.399 e. The van der Waals surface area contributed by atoms with Gasteiger partial charge in [-0.2, -0.15) is 4.98 Å². The van der Waals surface area contributed by atoms with Crippen molar-refractivity contribution >= 4 is 22.7 Å². The largest absolute Gasteiger partial charge is 0.399 e. The van der Waals surface area contributed by atoms with E-state index in [-0.39, 0.29) is 17.6 Å². The number of aryl methyl sites for hydroxylation is 1. The molecular formula is C25H24F2N6O. The molecule has 2 aromatic heterocycles. The van der Waals surface area contributed by atoms with Gasteiger partial charge in [-0.15, -0.1) is 0 Å². The van der Waals surface area contributed by atoms with Gasteiger partial charge in [0.2, 0.25) is 5.95 Å². The summed E-state index contributed by atoms with van der Waals surface area (Å²) in [7, 11) is 0. The van der Waals surface area contributed by atoms with Gasteiger partial charge < -0.3 is 16.4 Å². The Morgan fingerprint density at radius 3 is 2.53 bits per heavy atom. The highest BCUT2D eigenvalue weighted by atomic mass is 19.1. The fourth-order valence-corrected chi connectivity index (χ4v) is 4.35.